The Balaban J connectivity index is 2.08. The van der Waals surface area contributed by atoms with Gasteiger partial charge in [-0.05, 0) is 26.0 Å². The van der Waals surface area contributed by atoms with Crippen molar-refractivity contribution >= 4 is 5.91 Å². The van der Waals surface area contributed by atoms with Crippen molar-refractivity contribution in [3.8, 4) is 0 Å². The van der Waals surface area contributed by atoms with E-state index in [-0.39, 0.29) is 11.9 Å². The number of pyridine rings is 1. The van der Waals surface area contributed by atoms with Crippen molar-refractivity contribution in [2.45, 2.75) is 19.9 Å². The first-order valence-corrected chi connectivity index (χ1v) is 5.40. The van der Waals surface area contributed by atoms with E-state index in [4.69, 9.17) is 0 Å². The van der Waals surface area contributed by atoms with Crippen LogP contribution >= 0.6 is 0 Å². The third-order valence-electron chi connectivity index (χ3n) is 2.55. The first-order chi connectivity index (χ1) is 8.18. The molecule has 0 aromatic carbocycles. The predicted octanol–water partition coefficient (Wildman–Crippen LogP) is 1.60. The fourth-order valence-corrected chi connectivity index (χ4v) is 1.56. The van der Waals surface area contributed by atoms with Crippen LogP contribution in [0.5, 0.6) is 0 Å². The molecule has 2 N–H and O–H groups in total. The van der Waals surface area contributed by atoms with Gasteiger partial charge in [-0.15, -0.1) is 0 Å². The molecular weight excluding hydrogens is 216 g/mol. The Morgan fingerprint density at radius 1 is 1.47 bits per heavy atom. The van der Waals surface area contributed by atoms with Crippen molar-refractivity contribution in [3.63, 3.8) is 0 Å². The number of rotatable bonds is 3. The van der Waals surface area contributed by atoms with E-state index >= 15 is 0 Å². The molecule has 2 aromatic heterocycles. The number of nitrogens with zero attached hydrogens (tertiary/aromatic N) is 2. The minimum Gasteiger partial charge on any atom is -0.344 e. The molecule has 2 heterocycles. The molecule has 0 aliphatic heterocycles. The highest BCUT2D eigenvalue weighted by Crippen LogP contribution is 2.10. The zero-order valence-corrected chi connectivity index (χ0v) is 9.77. The van der Waals surface area contributed by atoms with Gasteiger partial charge >= 0.3 is 0 Å². The molecule has 1 amide bonds. The van der Waals surface area contributed by atoms with Crippen molar-refractivity contribution in [3.05, 3.63) is 47.5 Å². The second-order valence-electron chi connectivity index (χ2n) is 3.86. The second kappa shape index (κ2) is 4.78. The number of carbonyl (C=O) groups excluding carboxylic acids is 1. The monoisotopic (exact) mass is 230 g/mol. The normalized spacial score (nSPS) is 12.1. The predicted molar refractivity (Wildman–Crippen MR) is 63.4 cm³/mol. The van der Waals surface area contributed by atoms with E-state index in [1.165, 1.54) is 6.20 Å². The van der Waals surface area contributed by atoms with Crippen LogP contribution in [0.3, 0.4) is 0 Å². The van der Waals surface area contributed by atoms with Crippen LogP contribution < -0.4 is 5.32 Å². The van der Waals surface area contributed by atoms with Gasteiger partial charge in [0.25, 0.3) is 5.91 Å². The van der Waals surface area contributed by atoms with E-state index in [1.807, 2.05) is 32.0 Å². The summed E-state index contributed by atoms with van der Waals surface area (Å²) in [4.78, 5) is 16.1. The molecular formula is C12H14N4O. The minimum absolute atomic E-state index is 0.127. The molecule has 88 valence electrons. The molecule has 0 spiro atoms. The Morgan fingerprint density at radius 2 is 2.29 bits per heavy atom. The lowest BCUT2D eigenvalue weighted by Gasteiger charge is -2.12. The maximum absolute atomic E-state index is 11.9. The Bertz CT molecular complexity index is 506. The van der Waals surface area contributed by atoms with Crippen LogP contribution in [0.15, 0.2) is 30.6 Å². The minimum atomic E-state index is -0.144. The van der Waals surface area contributed by atoms with Gasteiger partial charge in [0, 0.05) is 11.9 Å². The van der Waals surface area contributed by atoms with E-state index in [1.54, 1.807) is 6.20 Å². The van der Waals surface area contributed by atoms with Crippen molar-refractivity contribution < 1.29 is 4.79 Å². The zero-order valence-electron chi connectivity index (χ0n) is 9.77. The van der Waals surface area contributed by atoms with Crippen molar-refractivity contribution in [1.29, 1.82) is 0 Å². The third kappa shape index (κ3) is 2.50. The number of nitrogens with one attached hydrogen (secondary N) is 2. The molecule has 5 heteroatoms. The molecule has 0 saturated carbocycles. The molecule has 1 atom stereocenters. The van der Waals surface area contributed by atoms with E-state index < -0.39 is 0 Å². The Hall–Kier alpha value is -2.17. The molecule has 0 aliphatic rings. The standard InChI is InChI=1S/C12H14N4O/c1-8-10(7-14-16-8)12(17)15-9(2)11-5-3-4-6-13-11/h3-7,9H,1-2H3,(H,14,16)(H,15,17). The molecule has 0 bridgehead atoms. The summed E-state index contributed by atoms with van der Waals surface area (Å²) in [6, 6.07) is 5.50. The summed E-state index contributed by atoms with van der Waals surface area (Å²) >= 11 is 0. The fraction of sp³-hybridized carbons (Fsp3) is 0.250. The van der Waals surface area contributed by atoms with Crippen molar-refractivity contribution in [1.82, 2.24) is 20.5 Å². The number of aromatic amines is 1. The molecule has 0 fully saturated rings. The number of carbonyl (C=O) groups is 1. The summed E-state index contributed by atoms with van der Waals surface area (Å²) in [5.74, 6) is -0.144. The highest BCUT2D eigenvalue weighted by molar-refractivity contribution is 5.95. The Morgan fingerprint density at radius 3 is 2.88 bits per heavy atom. The second-order valence-corrected chi connectivity index (χ2v) is 3.86. The van der Waals surface area contributed by atoms with Crippen LogP contribution in [0.25, 0.3) is 0 Å². The van der Waals surface area contributed by atoms with Crippen molar-refractivity contribution in [2.24, 2.45) is 0 Å². The number of aromatic nitrogens is 3. The highest BCUT2D eigenvalue weighted by Gasteiger charge is 2.14. The van der Waals surface area contributed by atoms with Crippen LogP contribution in [-0.2, 0) is 0 Å². The van der Waals surface area contributed by atoms with Crippen LogP contribution in [0.1, 0.15) is 34.7 Å². The lowest BCUT2D eigenvalue weighted by Crippen LogP contribution is -2.27. The van der Waals surface area contributed by atoms with E-state index in [2.05, 4.69) is 20.5 Å². The van der Waals surface area contributed by atoms with Gasteiger partial charge in [0.2, 0.25) is 0 Å². The fourth-order valence-electron chi connectivity index (χ4n) is 1.56. The molecule has 1 unspecified atom stereocenters. The summed E-state index contributed by atoms with van der Waals surface area (Å²) in [5, 5.41) is 9.44. The SMILES string of the molecule is Cc1[nH]ncc1C(=O)NC(C)c1ccccn1. The highest BCUT2D eigenvalue weighted by atomic mass is 16.1. The number of aryl methyl sites for hydroxylation is 1. The first-order valence-electron chi connectivity index (χ1n) is 5.40. The average molecular weight is 230 g/mol. The smallest absolute Gasteiger partial charge is 0.255 e. The molecule has 0 radical (unpaired) electrons. The summed E-state index contributed by atoms with van der Waals surface area (Å²) in [6.45, 7) is 3.71. The Labute approximate surface area is 99.3 Å². The molecule has 2 aromatic rings. The number of hydrogen-bond acceptors (Lipinski definition) is 3. The summed E-state index contributed by atoms with van der Waals surface area (Å²) in [6.07, 6.45) is 3.23. The quantitative estimate of drug-likeness (QED) is 0.841. The van der Waals surface area contributed by atoms with Crippen LogP contribution in [-0.4, -0.2) is 21.1 Å². The van der Waals surface area contributed by atoms with Crippen LogP contribution in [0.4, 0.5) is 0 Å². The van der Waals surface area contributed by atoms with Gasteiger partial charge in [0.1, 0.15) is 0 Å². The number of H-pyrrole nitrogens is 1. The lowest BCUT2D eigenvalue weighted by molar-refractivity contribution is 0.0938. The number of amides is 1. The summed E-state index contributed by atoms with van der Waals surface area (Å²) in [5.41, 5.74) is 2.16. The van der Waals surface area contributed by atoms with Gasteiger partial charge in [-0.2, -0.15) is 5.10 Å². The largest absolute Gasteiger partial charge is 0.344 e. The van der Waals surface area contributed by atoms with Gasteiger partial charge in [0.15, 0.2) is 0 Å². The summed E-state index contributed by atoms with van der Waals surface area (Å²) in [7, 11) is 0. The van der Waals surface area contributed by atoms with E-state index in [9.17, 15) is 4.79 Å². The average Bonchev–Trinajstić information content (AvgIpc) is 2.76. The molecule has 0 saturated heterocycles. The maximum Gasteiger partial charge on any atom is 0.255 e. The number of hydrogen-bond donors (Lipinski definition) is 2. The van der Waals surface area contributed by atoms with Crippen LogP contribution in [0, 0.1) is 6.92 Å². The van der Waals surface area contributed by atoms with Gasteiger partial charge in [0.05, 0.1) is 23.5 Å². The van der Waals surface area contributed by atoms with Gasteiger partial charge < -0.3 is 5.32 Å². The first kappa shape index (κ1) is 11.3. The Kier molecular flexibility index (Phi) is 3.18. The van der Waals surface area contributed by atoms with Gasteiger partial charge in [-0.1, -0.05) is 6.07 Å². The molecule has 5 nitrogen and oxygen atoms in total. The topological polar surface area (TPSA) is 70.7 Å². The maximum atomic E-state index is 11.9. The van der Waals surface area contributed by atoms with E-state index in [0.717, 1.165) is 11.4 Å². The molecule has 0 aliphatic carbocycles. The lowest BCUT2D eigenvalue weighted by atomic mass is 10.2. The molecule has 2 rings (SSSR count). The van der Waals surface area contributed by atoms with Gasteiger partial charge in [-0.3, -0.25) is 14.9 Å². The van der Waals surface area contributed by atoms with Crippen molar-refractivity contribution in [2.75, 3.05) is 0 Å². The summed E-state index contributed by atoms with van der Waals surface area (Å²) < 4.78 is 0. The zero-order chi connectivity index (χ0) is 12.3. The van der Waals surface area contributed by atoms with E-state index in [0.29, 0.717) is 5.56 Å². The molecule has 17 heavy (non-hydrogen) atoms. The third-order valence-corrected chi connectivity index (χ3v) is 2.55. The van der Waals surface area contributed by atoms with Crippen LogP contribution in [0.2, 0.25) is 0 Å². The van der Waals surface area contributed by atoms with Gasteiger partial charge in [-0.25, -0.2) is 0 Å².